The lowest BCUT2D eigenvalue weighted by molar-refractivity contribution is -0.136. The molecular weight excluding hydrogens is 276 g/mol. The highest BCUT2D eigenvalue weighted by Gasteiger charge is 2.27. The van der Waals surface area contributed by atoms with Gasteiger partial charge in [-0.2, -0.15) is 0 Å². The molecule has 0 amide bonds. The molecule has 0 aliphatic carbocycles. The van der Waals surface area contributed by atoms with Gasteiger partial charge in [-0.3, -0.25) is 9.20 Å². The fourth-order valence-electron chi connectivity index (χ4n) is 2.18. The van der Waals surface area contributed by atoms with Gasteiger partial charge in [0.2, 0.25) is 0 Å². The van der Waals surface area contributed by atoms with Gasteiger partial charge < -0.3 is 5.11 Å². The molecule has 3 rings (SSSR count). The quantitative estimate of drug-likeness (QED) is 0.868. The van der Waals surface area contributed by atoms with E-state index in [1.807, 2.05) is 0 Å². The van der Waals surface area contributed by atoms with E-state index in [1.54, 1.807) is 9.78 Å². The van der Waals surface area contributed by atoms with Gasteiger partial charge in [0.25, 0.3) is 0 Å². The maximum atomic E-state index is 11.7. The molecule has 0 radical (unpaired) electrons. The Balaban J connectivity index is 2.19. The summed E-state index contributed by atoms with van der Waals surface area (Å²) < 4.78 is 25.0. The summed E-state index contributed by atoms with van der Waals surface area (Å²) in [6.45, 7) is 0. The molecule has 0 atom stereocenters. The Morgan fingerprint density at radius 2 is 2.33 bits per heavy atom. The SMILES string of the molecule is O=C(O)Cc1csc2nc3c(n12)CS(=O)(=O)CC3. The molecule has 1 N–H and O–H groups in total. The number of aromatic nitrogens is 2. The van der Waals surface area contributed by atoms with Crippen LogP contribution in [-0.2, 0) is 33.2 Å². The molecule has 8 heteroatoms. The fourth-order valence-corrected chi connectivity index (χ4v) is 4.47. The van der Waals surface area contributed by atoms with Crippen LogP contribution in [0.15, 0.2) is 5.38 Å². The van der Waals surface area contributed by atoms with Crippen LogP contribution in [0.25, 0.3) is 4.96 Å². The van der Waals surface area contributed by atoms with Crippen LogP contribution in [0.5, 0.6) is 0 Å². The monoisotopic (exact) mass is 286 g/mol. The van der Waals surface area contributed by atoms with E-state index < -0.39 is 15.8 Å². The van der Waals surface area contributed by atoms with Crippen molar-refractivity contribution in [1.82, 2.24) is 9.38 Å². The van der Waals surface area contributed by atoms with E-state index in [-0.39, 0.29) is 17.9 Å². The number of fused-ring (bicyclic) bond motifs is 3. The number of rotatable bonds is 2. The number of hydrogen-bond donors (Lipinski definition) is 1. The molecule has 2 aromatic rings. The molecule has 18 heavy (non-hydrogen) atoms. The van der Waals surface area contributed by atoms with Crippen LogP contribution in [0.4, 0.5) is 0 Å². The third kappa shape index (κ3) is 1.81. The second kappa shape index (κ2) is 3.79. The molecule has 1 aliphatic rings. The minimum Gasteiger partial charge on any atom is -0.481 e. The molecule has 3 heterocycles. The number of aliphatic carboxylic acids is 1. The smallest absolute Gasteiger partial charge is 0.309 e. The van der Waals surface area contributed by atoms with E-state index in [9.17, 15) is 13.2 Å². The third-order valence-electron chi connectivity index (χ3n) is 2.95. The van der Waals surface area contributed by atoms with Crippen molar-refractivity contribution in [2.75, 3.05) is 5.75 Å². The van der Waals surface area contributed by atoms with Gasteiger partial charge in [0.05, 0.1) is 29.3 Å². The maximum absolute atomic E-state index is 11.7. The van der Waals surface area contributed by atoms with Crippen LogP contribution in [0.2, 0.25) is 0 Å². The summed E-state index contributed by atoms with van der Waals surface area (Å²) in [6, 6.07) is 0. The number of aryl methyl sites for hydroxylation is 1. The summed E-state index contributed by atoms with van der Waals surface area (Å²) >= 11 is 1.34. The number of thiazole rings is 1. The van der Waals surface area contributed by atoms with Crippen molar-refractivity contribution in [3.63, 3.8) is 0 Å². The number of hydrogen-bond acceptors (Lipinski definition) is 5. The van der Waals surface area contributed by atoms with Crippen molar-refractivity contribution in [1.29, 1.82) is 0 Å². The van der Waals surface area contributed by atoms with Crippen molar-refractivity contribution in [3.8, 4) is 0 Å². The predicted octanol–water partition coefficient (Wildman–Crippen LogP) is 0.494. The first-order valence-electron chi connectivity index (χ1n) is 5.35. The number of nitrogens with zero attached hydrogens (tertiary/aromatic N) is 2. The summed E-state index contributed by atoms with van der Waals surface area (Å²) in [5.74, 6) is -0.859. The van der Waals surface area contributed by atoms with E-state index >= 15 is 0 Å². The van der Waals surface area contributed by atoms with Crippen molar-refractivity contribution in [3.05, 3.63) is 22.5 Å². The molecule has 0 spiro atoms. The van der Waals surface area contributed by atoms with E-state index in [0.717, 1.165) is 5.69 Å². The maximum Gasteiger partial charge on any atom is 0.309 e. The highest BCUT2D eigenvalue weighted by molar-refractivity contribution is 7.90. The first-order valence-corrected chi connectivity index (χ1v) is 8.05. The highest BCUT2D eigenvalue weighted by atomic mass is 32.2. The zero-order valence-electron chi connectivity index (χ0n) is 9.29. The molecule has 0 fully saturated rings. The van der Waals surface area contributed by atoms with Gasteiger partial charge in [-0.15, -0.1) is 11.3 Å². The Bertz CT molecular complexity index is 741. The zero-order chi connectivity index (χ0) is 12.9. The van der Waals surface area contributed by atoms with Crippen LogP contribution in [0, 0.1) is 0 Å². The Morgan fingerprint density at radius 3 is 3.06 bits per heavy atom. The molecule has 0 saturated heterocycles. The fraction of sp³-hybridized carbons (Fsp3) is 0.400. The van der Waals surface area contributed by atoms with Crippen molar-refractivity contribution >= 4 is 32.1 Å². The van der Waals surface area contributed by atoms with Crippen LogP contribution in [-0.4, -0.2) is 34.6 Å². The number of carboxylic acids is 1. The Hall–Kier alpha value is -1.41. The van der Waals surface area contributed by atoms with Crippen molar-refractivity contribution in [2.24, 2.45) is 0 Å². The summed E-state index contributed by atoms with van der Waals surface area (Å²) in [5.41, 5.74) is 2.01. The Morgan fingerprint density at radius 1 is 1.56 bits per heavy atom. The molecule has 0 unspecified atom stereocenters. The van der Waals surface area contributed by atoms with Gasteiger partial charge >= 0.3 is 5.97 Å². The molecule has 1 aliphatic heterocycles. The Labute approximate surface area is 107 Å². The largest absolute Gasteiger partial charge is 0.481 e. The number of sulfone groups is 1. The summed E-state index contributed by atoms with van der Waals surface area (Å²) in [5, 5.41) is 10.6. The van der Waals surface area contributed by atoms with Gasteiger partial charge in [-0.25, -0.2) is 13.4 Å². The lowest BCUT2D eigenvalue weighted by Crippen LogP contribution is -2.20. The molecule has 0 bridgehead atoms. The molecule has 96 valence electrons. The van der Waals surface area contributed by atoms with Gasteiger partial charge in [0.15, 0.2) is 14.8 Å². The topological polar surface area (TPSA) is 88.7 Å². The predicted molar refractivity (Wildman–Crippen MR) is 65.6 cm³/mol. The number of carboxylic acid groups (broad SMARTS) is 1. The normalized spacial score (nSPS) is 17.8. The van der Waals surface area contributed by atoms with Crippen LogP contribution in [0.1, 0.15) is 17.1 Å². The molecule has 0 saturated carbocycles. The van der Waals surface area contributed by atoms with E-state index in [4.69, 9.17) is 5.11 Å². The van der Waals surface area contributed by atoms with Crippen molar-refractivity contribution < 1.29 is 18.3 Å². The van der Waals surface area contributed by atoms with Crippen LogP contribution in [0.3, 0.4) is 0 Å². The molecule has 0 aromatic carbocycles. The molecule has 6 nitrogen and oxygen atoms in total. The number of carbonyl (C=O) groups is 1. The lowest BCUT2D eigenvalue weighted by atomic mass is 10.2. The van der Waals surface area contributed by atoms with Gasteiger partial charge in [0.1, 0.15) is 0 Å². The average molecular weight is 286 g/mol. The van der Waals surface area contributed by atoms with Gasteiger partial charge in [-0.1, -0.05) is 0 Å². The standard InChI is InChI=1S/C10H10N2O4S2/c13-9(14)3-6-4-17-10-11-7-1-2-18(15,16)5-8(7)12(6)10/h4H,1-3,5H2,(H,13,14). The minimum atomic E-state index is -3.08. The van der Waals surface area contributed by atoms with E-state index in [0.29, 0.717) is 22.8 Å². The first kappa shape index (κ1) is 11.7. The van der Waals surface area contributed by atoms with Gasteiger partial charge in [0, 0.05) is 17.5 Å². The van der Waals surface area contributed by atoms with Crippen LogP contribution >= 0.6 is 11.3 Å². The van der Waals surface area contributed by atoms with Crippen LogP contribution < -0.4 is 0 Å². The first-order chi connectivity index (χ1) is 8.46. The molecule has 2 aromatic heterocycles. The summed E-state index contributed by atoms with van der Waals surface area (Å²) in [7, 11) is -3.08. The number of imidazole rings is 1. The van der Waals surface area contributed by atoms with Gasteiger partial charge in [-0.05, 0) is 0 Å². The lowest BCUT2D eigenvalue weighted by Gasteiger charge is -2.12. The second-order valence-corrected chi connectivity index (χ2v) is 7.28. The minimum absolute atomic E-state index is 0.0488. The average Bonchev–Trinajstić information content (AvgIpc) is 2.77. The Kier molecular flexibility index (Phi) is 2.46. The van der Waals surface area contributed by atoms with Crippen molar-refractivity contribution in [2.45, 2.75) is 18.6 Å². The third-order valence-corrected chi connectivity index (χ3v) is 5.37. The van der Waals surface area contributed by atoms with E-state index in [1.165, 1.54) is 11.3 Å². The molecular formula is C10H10N2O4S2. The summed E-state index contributed by atoms with van der Waals surface area (Å²) in [4.78, 5) is 15.8. The second-order valence-electron chi connectivity index (χ2n) is 4.26. The zero-order valence-corrected chi connectivity index (χ0v) is 10.9. The summed E-state index contributed by atoms with van der Waals surface area (Å²) in [6.07, 6.45) is 0.293. The highest BCUT2D eigenvalue weighted by Crippen LogP contribution is 2.27. The van der Waals surface area contributed by atoms with E-state index in [2.05, 4.69) is 4.98 Å².